The lowest BCUT2D eigenvalue weighted by Crippen LogP contribution is -2.25. The molecule has 0 aromatic heterocycles. The molecule has 0 aliphatic carbocycles. The van der Waals surface area contributed by atoms with Crippen LogP contribution in [0.3, 0.4) is 0 Å². The summed E-state index contributed by atoms with van der Waals surface area (Å²) in [4.78, 5) is 3.92. The van der Waals surface area contributed by atoms with E-state index in [4.69, 9.17) is 0 Å². The Bertz CT molecular complexity index is 146. The van der Waals surface area contributed by atoms with Crippen LogP contribution in [0.2, 0.25) is 0 Å². The van der Waals surface area contributed by atoms with Gasteiger partial charge in [-0.1, -0.05) is 6.08 Å². The van der Waals surface area contributed by atoms with Gasteiger partial charge in [-0.3, -0.25) is 4.99 Å². The molecule has 0 saturated heterocycles. The minimum atomic E-state index is 0.243. The largest absolute Gasteiger partial charge is 0.302 e. The fourth-order valence-corrected chi connectivity index (χ4v) is 0.686. The fraction of sp³-hybridized carbons (Fsp3) is 0.333. The SMILES string of the molecule is C=NNC1C=NC=CC1. The number of nitrogens with zero attached hydrogens (tertiary/aromatic N) is 2. The zero-order valence-corrected chi connectivity index (χ0v) is 5.12. The summed E-state index contributed by atoms with van der Waals surface area (Å²) in [6, 6.07) is 0.243. The third-order valence-corrected chi connectivity index (χ3v) is 1.10. The van der Waals surface area contributed by atoms with Crippen LogP contribution in [0.1, 0.15) is 6.42 Å². The zero-order valence-electron chi connectivity index (χ0n) is 5.12. The second-order valence-electron chi connectivity index (χ2n) is 1.81. The van der Waals surface area contributed by atoms with Crippen LogP contribution in [0.4, 0.5) is 0 Å². The monoisotopic (exact) mass is 123 g/mol. The van der Waals surface area contributed by atoms with Crippen molar-refractivity contribution in [3.63, 3.8) is 0 Å². The summed E-state index contributed by atoms with van der Waals surface area (Å²) < 4.78 is 0. The first kappa shape index (κ1) is 6.01. The molecule has 0 fully saturated rings. The van der Waals surface area contributed by atoms with Crippen molar-refractivity contribution in [2.24, 2.45) is 10.1 Å². The Labute approximate surface area is 54.2 Å². The average Bonchev–Trinajstić information content (AvgIpc) is 1.91. The highest BCUT2D eigenvalue weighted by atomic mass is 15.3. The highest BCUT2D eigenvalue weighted by molar-refractivity contribution is 5.66. The van der Waals surface area contributed by atoms with Crippen molar-refractivity contribution in [1.82, 2.24) is 5.43 Å². The van der Waals surface area contributed by atoms with Gasteiger partial charge in [0.25, 0.3) is 0 Å². The molecular weight excluding hydrogens is 114 g/mol. The molecule has 1 aliphatic rings. The Morgan fingerprint density at radius 3 is 3.22 bits per heavy atom. The van der Waals surface area contributed by atoms with Crippen LogP contribution in [0.5, 0.6) is 0 Å². The van der Waals surface area contributed by atoms with E-state index < -0.39 is 0 Å². The van der Waals surface area contributed by atoms with Gasteiger partial charge in [-0.25, -0.2) is 0 Å². The van der Waals surface area contributed by atoms with E-state index in [1.165, 1.54) is 0 Å². The molecular formula is C6H9N3. The molecule has 48 valence electrons. The fourth-order valence-electron chi connectivity index (χ4n) is 0.686. The summed E-state index contributed by atoms with van der Waals surface area (Å²) in [6.07, 6.45) is 6.53. The number of aliphatic imine (C=N–C) groups is 1. The minimum absolute atomic E-state index is 0.243. The molecule has 0 aromatic carbocycles. The Balaban J connectivity index is 2.36. The molecule has 0 amide bonds. The van der Waals surface area contributed by atoms with Crippen LogP contribution in [0, 0.1) is 0 Å². The number of hydrogen-bond donors (Lipinski definition) is 1. The first-order chi connectivity index (χ1) is 4.43. The molecule has 3 heteroatoms. The van der Waals surface area contributed by atoms with Gasteiger partial charge in [0.1, 0.15) is 0 Å². The van der Waals surface area contributed by atoms with Gasteiger partial charge >= 0.3 is 0 Å². The van der Waals surface area contributed by atoms with E-state index in [2.05, 4.69) is 22.2 Å². The van der Waals surface area contributed by atoms with Gasteiger partial charge in [0.2, 0.25) is 0 Å². The third kappa shape index (κ3) is 1.68. The standard InChI is InChI=1S/C6H9N3/c1-7-9-6-3-2-4-8-5-6/h2,4-6,9H,1,3H2. The van der Waals surface area contributed by atoms with Crippen molar-refractivity contribution in [2.45, 2.75) is 12.5 Å². The smallest absolute Gasteiger partial charge is 0.0825 e. The molecule has 0 radical (unpaired) electrons. The number of rotatable bonds is 2. The lowest BCUT2D eigenvalue weighted by molar-refractivity contribution is 0.667. The molecule has 9 heavy (non-hydrogen) atoms. The van der Waals surface area contributed by atoms with Crippen molar-refractivity contribution in [3.05, 3.63) is 12.3 Å². The van der Waals surface area contributed by atoms with Crippen LogP contribution < -0.4 is 5.43 Å². The van der Waals surface area contributed by atoms with E-state index >= 15 is 0 Å². The highest BCUT2D eigenvalue weighted by Gasteiger charge is 2.01. The highest BCUT2D eigenvalue weighted by Crippen LogP contribution is 1.96. The van der Waals surface area contributed by atoms with Crippen LogP contribution in [-0.2, 0) is 0 Å². The Morgan fingerprint density at radius 2 is 2.67 bits per heavy atom. The molecule has 3 nitrogen and oxygen atoms in total. The van der Waals surface area contributed by atoms with Gasteiger partial charge in [-0.2, -0.15) is 5.10 Å². The molecule has 1 rings (SSSR count). The van der Waals surface area contributed by atoms with E-state index in [1.807, 2.05) is 12.3 Å². The Hall–Kier alpha value is -1.12. The van der Waals surface area contributed by atoms with Crippen molar-refractivity contribution in [1.29, 1.82) is 0 Å². The summed E-state index contributed by atoms with van der Waals surface area (Å²) in [5.41, 5.74) is 2.80. The lowest BCUT2D eigenvalue weighted by Gasteiger charge is -2.09. The number of nitrogens with one attached hydrogen (secondary N) is 1. The summed E-state index contributed by atoms with van der Waals surface area (Å²) >= 11 is 0. The maximum absolute atomic E-state index is 3.92. The molecule has 0 spiro atoms. The van der Waals surface area contributed by atoms with E-state index in [9.17, 15) is 0 Å². The minimum Gasteiger partial charge on any atom is -0.302 e. The van der Waals surface area contributed by atoms with Crippen molar-refractivity contribution in [2.75, 3.05) is 0 Å². The van der Waals surface area contributed by atoms with Gasteiger partial charge in [0, 0.05) is 19.1 Å². The topological polar surface area (TPSA) is 36.8 Å². The van der Waals surface area contributed by atoms with Crippen molar-refractivity contribution >= 4 is 12.9 Å². The van der Waals surface area contributed by atoms with Gasteiger partial charge in [-0.05, 0) is 6.42 Å². The molecule has 1 atom stereocenters. The van der Waals surface area contributed by atoms with Crippen LogP contribution in [0.15, 0.2) is 22.4 Å². The summed E-state index contributed by atoms with van der Waals surface area (Å²) in [6.45, 7) is 3.31. The summed E-state index contributed by atoms with van der Waals surface area (Å²) in [5.74, 6) is 0. The molecule has 1 unspecified atom stereocenters. The molecule has 0 saturated carbocycles. The second-order valence-corrected chi connectivity index (χ2v) is 1.81. The quantitative estimate of drug-likeness (QED) is 0.422. The number of hydrazone groups is 1. The van der Waals surface area contributed by atoms with Crippen LogP contribution in [-0.4, -0.2) is 19.0 Å². The third-order valence-electron chi connectivity index (χ3n) is 1.10. The van der Waals surface area contributed by atoms with Gasteiger partial charge < -0.3 is 5.43 Å². The van der Waals surface area contributed by atoms with Gasteiger partial charge in [0.05, 0.1) is 6.04 Å². The Kier molecular flexibility index (Phi) is 2.01. The first-order valence-corrected chi connectivity index (χ1v) is 2.83. The maximum Gasteiger partial charge on any atom is 0.0825 e. The van der Waals surface area contributed by atoms with Crippen molar-refractivity contribution in [3.8, 4) is 0 Å². The molecule has 0 bridgehead atoms. The summed E-state index contributed by atoms with van der Waals surface area (Å²) in [5, 5.41) is 3.53. The average molecular weight is 123 g/mol. The summed E-state index contributed by atoms with van der Waals surface area (Å²) in [7, 11) is 0. The van der Waals surface area contributed by atoms with Gasteiger partial charge in [0.15, 0.2) is 0 Å². The normalized spacial score (nSPS) is 23.8. The lowest BCUT2D eigenvalue weighted by atomic mass is 10.2. The zero-order chi connectivity index (χ0) is 6.53. The molecule has 0 aromatic rings. The van der Waals surface area contributed by atoms with Crippen molar-refractivity contribution < 1.29 is 0 Å². The van der Waals surface area contributed by atoms with E-state index in [0.717, 1.165) is 6.42 Å². The second kappa shape index (κ2) is 3.02. The molecule has 1 aliphatic heterocycles. The predicted molar refractivity (Wildman–Crippen MR) is 38.7 cm³/mol. The van der Waals surface area contributed by atoms with Crippen LogP contribution >= 0.6 is 0 Å². The van der Waals surface area contributed by atoms with Crippen LogP contribution in [0.25, 0.3) is 0 Å². The molecule has 1 N–H and O–H groups in total. The molecule has 1 heterocycles. The maximum atomic E-state index is 3.92. The van der Waals surface area contributed by atoms with E-state index in [0.29, 0.717) is 0 Å². The van der Waals surface area contributed by atoms with E-state index in [1.54, 1.807) is 6.20 Å². The number of hydrogen-bond acceptors (Lipinski definition) is 3. The predicted octanol–water partition coefficient (Wildman–Crippen LogP) is 0.548. The van der Waals surface area contributed by atoms with Gasteiger partial charge in [-0.15, -0.1) is 0 Å². The first-order valence-electron chi connectivity index (χ1n) is 2.83. The Morgan fingerprint density at radius 1 is 1.78 bits per heavy atom. The van der Waals surface area contributed by atoms with E-state index in [-0.39, 0.29) is 6.04 Å².